The molecule has 7 heteroatoms. The average molecular weight is 257 g/mol. The quantitative estimate of drug-likeness (QED) is 0.297. The molecule has 0 radical (unpaired) electrons. The Kier molecular flexibility index (Phi) is 4.03. The lowest BCUT2D eigenvalue weighted by atomic mass is 10.0. The Balaban J connectivity index is 1.94. The number of hydrogen-bond donors (Lipinski definition) is 2. The minimum Gasteiger partial charge on any atom is -0.409 e. The first-order valence-electron chi connectivity index (χ1n) is 6.11. The van der Waals surface area contributed by atoms with E-state index in [2.05, 4.69) is 5.16 Å². The molecule has 0 aromatic heterocycles. The highest BCUT2D eigenvalue weighted by Gasteiger charge is 2.34. The van der Waals surface area contributed by atoms with Crippen LogP contribution in [0.4, 0.5) is 0 Å². The van der Waals surface area contributed by atoms with Crippen LogP contribution < -0.4 is 5.73 Å². The third-order valence-electron chi connectivity index (χ3n) is 3.37. The number of carbonyl (C=O) groups is 1. The van der Waals surface area contributed by atoms with Crippen LogP contribution in [0.3, 0.4) is 0 Å². The minimum atomic E-state index is -0.521. The summed E-state index contributed by atoms with van der Waals surface area (Å²) in [5.41, 5.74) is 5.50. The number of carbonyl (C=O) groups excluding carboxylic acids is 1. The molecular weight excluding hydrogens is 238 g/mol. The number of amidine groups is 1. The molecule has 102 valence electrons. The van der Waals surface area contributed by atoms with Crippen molar-refractivity contribution in [2.45, 2.75) is 25.6 Å². The highest BCUT2D eigenvalue weighted by molar-refractivity contribution is 5.86. The molecule has 2 fully saturated rings. The van der Waals surface area contributed by atoms with Crippen LogP contribution in [0.15, 0.2) is 5.16 Å². The van der Waals surface area contributed by atoms with Crippen LogP contribution in [0.2, 0.25) is 0 Å². The molecule has 0 aromatic rings. The summed E-state index contributed by atoms with van der Waals surface area (Å²) in [6, 6.07) is 0. The molecule has 3 atom stereocenters. The van der Waals surface area contributed by atoms with E-state index in [1.807, 2.05) is 6.92 Å². The molecule has 3 unspecified atom stereocenters. The molecule has 2 rings (SSSR count). The number of rotatable bonds is 2. The zero-order chi connectivity index (χ0) is 13.1. The molecule has 1 amide bonds. The fraction of sp³-hybridized carbons (Fsp3) is 0.818. The second-order valence-corrected chi connectivity index (χ2v) is 4.75. The van der Waals surface area contributed by atoms with Gasteiger partial charge in [0.1, 0.15) is 6.10 Å². The largest absolute Gasteiger partial charge is 0.409 e. The van der Waals surface area contributed by atoms with E-state index in [0.717, 1.165) is 6.42 Å². The topological polar surface area (TPSA) is 97.4 Å². The second kappa shape index (κ2) is 5.53. The monoisotopic (exact) mass is 257 g/mol. The lowest BCUT2D eigenvalue weighted by Crippen LogP contribution is -2.52. The van der Waals surface area contributed by atoms with Crippen molar-refractivity contribution in [1.82, 2.24) is 4.90 Å². The van der Waals surface area contributed by atoms with Gasteiger partial charge in [0.15, 0.2) is 5.84 Å². The maximum atomic E-state index is 12.2. The Morgan fingerprint density at radius 1 is 1.50 bits per heavy atom. The summed E-state index contributed by atoms with van der Waals surface area (Å²) in [6.07, 6.45) is 0.372. The number of morpholine rings is 1. The van der Waals surface area contributed by atoms with E-state index in [0.29, 0.717) is 26.3 Å². The molecule has 0 aliphatic carbocycles. The van der Waals surface area contributed by atoms with Gasteiger partial charge in [-0.2, -0.15) is 0 Å². The number of oxime groups is 1. The first kappa shape index (κ1) is 13.1. The van der Waals surface area contributed by atoms with Gasteiger partial charge in [-0.25, -0.2) is 0 Å². The molecule has 18 heavy (non-hydrogen) atoms. The third-order valence-corrected chi connectivity index (χ3v) is 3.37. The van der Waals surface area contributed by atoms with E-state index >= 15 is 0 Å². The van der Waals surface area contributed by atoms with Gasteiger partial charge in [0.25, 0.3) is 0 Å². The highest BCUT2D eigenvalue weighted by atomic mass is 16.5. The van der Waals surface area contributed by atoms with Crippen LogP contribution in [-0.4, -0.2) is 60.4 Å². The van der Waals surface area contributed by atoms with Gasteiger partial charge in [-0.1, -0.05) is 5.16 Å². The van der Waals surface area contributed by atoms with Crippen molar-refractivity contribution in [3.63, 3.8) is 0 Å². The van der Waals surface area contributed by atoms with Crippen molar-refractivity contribution in [2.75, 3.05) is 26.3 Å². The van der Waals surface area contributed by atoms with E-state index < -0.39 is 6.10 Å². The average Bonchev–Trinajstić information content (AvgIpc) is 2.83. The number of hydrogen-bond acceptors (Lipinski definition) is 5. The third kappa shape index (κ3) is 2.73. The standard InChI is InChI=1S/C11H19N3O4/c1-7-4-8(6-18-7)11(15)14-2-3-17-9(5-14)10(12)13-16/h7-9,16H,2-6H2,1H3,(H2,12,13). The van der Waals surface area contributed by atoms with Crippen LogP contribution in [0.1, 0.15) is 13.3 Å². The summed E-state index contributed by atoms with van der Waals surface area (Å²) in [6.45, 7) is 3.71. The van der Waals surface area contributed by atoms with E-state index in [-0.39, 0.29) is 23.8 Å². The van der Waals surface area contributed by atoms with Gasteiger partial charge in [-0.3, -0.25) is 4.79 Å². The first-order chi connectivity index (χ1) is 8.61. The van der Waals surface area contributed by atoms with Crippen molar-refractivity contribution < 1.29 is 19.5 Å². The number of nitrogens with zero attached hydrogens (tertiary/aromatic N) is 2. The molecule has 3 N–H and O–H groups in total. The van der Waals surface area contributed by atoms with E-state index in [9.17, 15) is 4.79 Å². The van der Waals surface area contributed by atoms with Crippen LogP contribution in [0.5, 0.6) is 0 Å². The minimum absolute atomic E-state index is 0.00328. The molecule has 2 heterocycles. The first-order valence-corrected chi connectivity index (χ1v) is 6.11. The Bertz CT molecular complexity index is 347. The van der Waals surface area contributed by atoms with Gasteiger partial charge in [0.2, 0.25) is 5.91 Å². The summed E-state index contributed by atoms with van der Waals surface area (Å²) >= 11 is 0. The number of ether oxygens (including phenoxy) is 2. The molecule has 0 bridgehead atoms. The summed E-state index contributed by atoms with van der Waals surface area (Å²) in [7, 11) is 0. The van der Waals surface area contributed by atoms with Crippen LogP contribution in [-0.2, 0) is 14.3 Å². The smallest absolute Gasteiger partial charge is 0.228 e. The molecule has 0 spiro atoms. The Hall–Kier alpha value is -1.34. The van der Waals surface area contributed by atoms with E-state index in [4.69, 9.17) is 20.4 Å². The molecule has 2 aliphatic rings. The van der Waals surface area contributed by atoms with Gasteiger partial charge >= 0.3 is 0 Å². The van der Waals surface area contributed by atoms with Crippen molar-refractivity contribution >= 4 is 11.7 Å². The maximum absolute atomic E-state index is 12.2. The van der Waals surface area contributed by atoms with Crippen molar-refractivity contribution in [1.29, 1.82) is 0 Å². The summed E-state index contributed by atoms with van der Waals surface area (Å²) in [5, 5.41) is 11.5. The predicted molar refractivity (Wildman–Crippen MR) is 63.2 cm³/mol. The summed E-state index contributed by atoms with van der Waals surface area (Å²) < 4.78 is 10.8. The number of nitrogens with two attached hydrogens (primary N) is 1. The van der Waals surface area contributed by atoms with E-state index in [1.165, 1.54) is 0 Å². The highest BCUT2D eigenvalue weighted by Crippen LogP contribution is 2.22. The van der Waals surface area contributed by atoms with Crippen LogP contribution in [0.25, 0.3) is 0 Å². The van der Waals surface area contributed by atoms with E-state index in [1.54, 1.807) is 4.90 Å². The number of amides is 1. The van der Waals surface area contributed by atoms with Crippen molar-refractivity contribution in [2.24, 2.45) is 16.8 Å². The van der Waals surface area contributed by atoms with Crippen molar-refractivity contribution in [3.05, 3.63) is 0 Å². The Labute approximate surface area is 106 Å². The molecule has 2 aliphatic heterocycles. The van der Waals surface area contributed by atoms with Crippen LogP contribution >= 0.6 is 0 Å². The molecule has 0 saturated carbocycles. The van der Waals surface area contributed by atoms with Gasteiger partial charge in [0.05, 0.1) is 31.8 Å². The summed E-state index contributed by atoms with van der Waals surface area (Å²) in [4.78, 5) is 14.0. The second-order valence-electron chi connectivity index (χ2n) is 4.75. The van der Waals surface area contributed by atoms with Gasteiger partial charge in [0, 0.05) is 6.54 Å². The fourth-order valence-corrected chi connectivity index (χ4v) is 2.34. The van der Waals surface area contributed by atoms with Crippen molar-refractivity contribution in [3.8, 4) is 0 Å². The predicted octanol–water partition coefficient (Wildman–Crippen LogP) is -0.615. The molecule has 7 nitrogen and oxygen atoms in total. The lowest BCUT2D eigenvalue weighted by Gasteiger charge is -2.33. The summed E-state index contributed by atoms with van der Waals surface area (Å²) in [5.74, 6) is -0.00651. The molecule has 2 saturated heterocycles. The van der Waals surface area contributed by atoms with Gasteiger partial charge in [-0.05, 0) is 13.3 Å². The maximum Gasteiger partial charge on any atom is 0.228 e. The lowest BCUT2D eigenvalue weighted by molar-refractivity contribution is -0.141. The van der Waals surface area contributed by atoms with Gasteiger partial charge in [-0.15, -0.1) is 0 Å². The Morgan fingerprint density at radius 3 is 2.89 bits per heavy atom. The van der Waals surface area contributed by atoms with Crippen LogP contribution in [0, 0.1) is 5.92 Å². The normalized spacial score (nSPS) is 33.7. The zero-order valence-electron chi connectivity index (χ0n) is 10.4. The fourth-order valence-electron chi connectivity index (χ4n) is 2.34. The molecular formula is C11H19N3O4. The SMILES string of the molecule is CC1CC(C(=O)N2CCOC(C(N)=NO)C2)CO1. The zero-order valence-corrected chi connectivity index (χ0v) is 10.4. The Morgan fingerprint density at radius 2 is 2.28 bits per heavy atom. The molecule has 0 aromatic carbocycles. The van der Waals surface area contributed by atoms with Gasteiger partial charge < -0.3 is 25.3 Å².